The first-order chi connectivity index (χ1) is 12.1. The van der Waals surface area contributed by atoms with Crippen LogP contribution in [0.5, 0.6) is 0 Å². The van der Waals surface area contributed by atoms with Crippen molar-refractivity contribution in [2.24, 2.45) is 23.7 Å². The highest BCUT2D eigenvalue weighted by Gasteiger charge is 2.28. The van der Waals surface area contributed by atoms with Crippen molar-refractivity contribution < 1.29 is 23.9 Å². The van der Waals surface area contributed by atoms with Crippen LogP contribution in [0.25, 0.3) is 0 Å². The molecule has 0 saturated heterocycles. The summed E-state index contributed by atoms with van der Waals surface area (Å²) in [7, 11) is 1.23. The second-order valence-electron chi connectivity index (χ2n) is 7.94. The number of methoxy groups -OCH3 is 1. The Labute approximate surface area is 156 Å². The fourth-order valence-electron chi connectivity index (χ4n) is 3.38. The molecule has 146 valence electrons. The molecule has 0 spiro atoms. The molecule has 3 atom stereocenters. The first-order valence-corrected chi connectivity index (χ1v) is 9.52. The standard InChI is InChI=1S/C21H32O5/c1-13(2)18-12-19(23)15(4)8-6-7-14(3)9-17(22)10-16(11-20(18)24)21(25)26-5/h11,13-15,18H,6-10,12H2,1-5H3. The second kappa shape index (κ2) is 10.4. The van der Waals surface area contributed by atoms with Gasteiger partial charge in [0.15, 0.2) is 5.78 Å². The second-order valence-corrected chi connectivity index (χ2v) is 7.94. The normalized spacial score (nSPS) is 27.1. The molecule has 26 heavy (non-hydrogen) atoms. The summed E-state index contributed by atoms with van der Waals surface area (Å²) in [6, 6.07) is 0. The van der Waals surface area contributed by atoms with Crippen LogP contribution in [0.3, 0.4) is 0 Å². The van der Waals surface area contributed by atoms with Gasteiger partial charge in [0.25, 0.3) is 0 Å². The molecular formula is C21H32O5. The van der Waals surface area contributed by atoms with Crippen molar-refractivity contribution in [3.05, 3.63) is 11.6 Å². The minimum absolute atomic E-state index is 0.0302. The molecule has 0 aromatic heterocycles. The van der Waals surface area contributed by atoms with Gasteiger partial charge in [0.1, 0.15) is 11.6 Å². The van der Waals surface area contributed by atoms with Gasteiger partial charge in [-0.2, -0.15) is 0 Å². The van der Waals surface area contributed by atoms with Crippen LogP contribution in [0.2, 0.25) is 0 Å². The summed E-state index contributed by atoms with van der Waals surface area (Å²) in [6.45, 7) is 7.68. The van der Waals surface area contributed by atoms with Crippen LogP contribution in [0.1, 0.15) is 66.2 Å². The van der Waals surface area contributed by atoms with E-state index < -0.39 is 11.9 Å². The van der Waals surface area contributed by atoms with Crippen LogP contribution < -0.4 is 0 Å². The minimum atomic E-state index is -0.659. The number of ketones is 3. The zero-order chi connectivity index (χ0) is 19.9. The van der Waals surface area contributed by atoms with Crippen molar-refractivity contribution in [3.63, 3.8) is 0 Å². The van der Waals surface area contributed by atoms with E-state index in [1.807, 2.05) is 27.7 Å². The lowest BCUT2D eigenvalue weighted by Crippen LogP contribution is -2.26. The topological polar surface area (TPSA) is 77.5 Å². The third-order valence-electron chi connectivity index (χ3n) is 5.20. The van der Waals surface area contributed by atoms with Crippen LogP contribution in [0.4, 0.5) is 0 Å². The molecule has 1 aliphatic carbocycles. The zero-order valence-corrected chi connectivity index (χ0v) is 16.7. The third kappa shape index (κ3) is 6.85. The Kier molecular flexibility index (Phi) is 8.89. The number of carbonyl (C=O) groups excluding carboxylic acids is 4. The van der Waals surface area contributed by atoms with Crippen molar-refractivity contribution in [1.82, 2.24) is 0 Å². The fraction of sp³-hybridized carbons (Fsp3) is 0.714. The maximum atomic E-state index is 12.7. The summed E-state index contributed by atoms with van der Waals surface area (Å²) in [6.07, 6.45) is 4.18. The average Bonchev–Trinajstić information content (AvgIpc) is 2.56. The van der Waals surface area contributed by atoms with Crippen LogP contribution >= 0.6 is 0 Å². The molecule has 0 heterocycles. The maximum absolute atomic E-state index is 12.7. The Morgan fingerprint density at radius 3 is 2.35 bits per heavy atom. The SMILES string of the molecule is COC(=O)C1=CC(=O)C(C(C)C)CC(=O)C(C)CCCC(C)CC(=O)C1. The Hall–Kier alpha value is -1.78. The summed E-state index contributed by atoms with van der Waals surface area (Å²) in [4.78, 5) is 49.6. The summed E-state index contributed by atoms with van der Waals surface area (Å²) in [5.74, 6) is -1.34. The molecule has 5 heteroatoms. The highest BCUT2D eigenvalue weighted by Crippen LogP contribution is 2.25. The number of rotatable bonds is 2. The molecule has 0 aromatic carbocycles. The number of Topliss-reactive ketones (excluding diaryl/α,β-unsaturated/α-hetero) is 2. The number of esters is 1. The van der Waals surface area contributed by atoms with Gasteiger partial charge in [-0.15, -0.1) is 0 Å². The first kappa shape index (κ1) is 22.3. The van der Waals surface area contributed by atoms with Gasteiger partial charge in [-0.1, -0.05) is 40.5 Å². The highest BCUT2D eigenvalue weighted by molar-refractivity contribution is 6.04. The number of hydrogen-bond donors (Lipinski definition) is 0. The summed E-state index contributed by atoms with van der Waals surface area (Å²) in [5.41, 5.74) is 0.0814. The molecule has 0 fully saturated rings. The first-order valence-electron chi connectivity index (χ1n) is 9.52. The van der Waals surface area contributed by atoms with E-state index in [2.05, 4.69) is 0 Å². The summed E-state index contributed by atoms with van der Waals surface area (Å²) < 4.78 is 4.74. The van der Waals surface area contributed by atoms with Gasteiger partial charge in [-0.05, 0) is 24.3 Å². The number of allylic oxidation sites excluding steroid dienone is 1. The van der Waals surface area contributed by atoms with Crippen molar-refractivity contribution in [2.45, 2.75) is 66.2 Å². The van der Waals surface area contributed by atoms with Crippen molar-refractivity contribution in [1.29, 1.82) is 0 Å². The monoisotopic (exact) mass is 364 g/mol. The lowest BCUT2D eigenvalue weighted by Gasteiger charge is -2.21. The van der Waals surface area contributed by atoms with E-state index in [4.69, 9.17) is 4.74 Å². The highest BCUT2D eigenvalue weighted by atomic mass is 16.5. The molecule has 0 aliphatic heterocycles. The number of ether oxygens (including phenoxy) is 1. The summed E-state index contributed by atoms with van der Waals surface area (Å²) in [5, 5.41) is 0. The van der Waals surface area contributed by atoms with Gasteiger partial charge >= 0.3 is 5.97 Å². The molecule has 3 unspecified atom stereocenters. The van der Waals surface area contributed by atoms with Gasteiger partial charge in [0.05, 0.1) is 7.11 Å². The van der Waals surface area contributed by atoms with Crippen LogP contribution in [0, 0.1) is 23.7 Å². The lowest BCUT2D eigenvalue weighted by atomic mass is 9.82. The largest absolute Gasteiger partial charge is 0.466 e. The van der Waals surface area contributed by atoms with Gasteiger partial charge in [-0.3, -0.25) is 14.4 Å². The average molecular weight is 364 g/mol. The zero-order valence-electron chi connectivity index (χ0n) is 16.7. The van der Waals surface area contributed by atoms with Gasteiger partial charge < -0.3 is 4.74 Å². The fourth-order valence-corrected chi connectivity index (χ4v) is 3.38. The molecule has 1 rings (SSSR count). The molecule has 0 saturated carbocycles. The molecule has 5 nitrogen and oxygen atoms in total. The summed E-state index contributed by atoms with van der Waals surface area (Å²) >= 11 is 0. The van der Waals surface area contributed by atoms with E-state index in [0.29, 0.717) is 6.42 Å². The number of hydrogen-bond acceptors (Lipinski definition) is 5. The van der Waals surface area contributed by atoms with E-state index in [-0.39, 0.29) is 53.5 Å². The lowest BCUT2D eigenvalue weighted by molar-refractivity contribution is -0.137. The Morgan fingerprint density at radius 1 is 1.12 bits per heavy atom. The van der Waals surface area contributed by atoms with Crippen molar-refractivity contribution in [3.8, 4) is 0 Å². The smallest absolute Gasteiger partial charge is 0.334 e. The molecule has 0 aromatic rings. The van der Waals surface area contributed by atoms with E-state index in [1.165, 1.54) is 13.2 Å². The minimum Gasteiger partial charge on any atom is -0.466 e. The third-order valence-corrected chi connectivity index (χ3v) is 5.20. The van der Waals surface area contributed by atoms with Gasteiger partial charge in [0, 0.05) is 36.7 Å². The predicted octanol–water partition coefficient (Wildman–Crippen LogP) is 3.69. The maximum Gasteiger partial charge on any atom is 0.334 e. The van der Waals surface area contributed by atoms with E-state index in [1.54, 1.807) is 0 Å². The Bertz CT molecular complexity index is 573. The van der Waals surface area contributed by atoms with Gasteiger partial charge in [-0.25, -0.2) is 4.79 Å². The van der Waals surface area contributed by atoms with Crippen LogP contribution in [-0.4, -0.2) is 30.4 Å². The van der Waals surface area contributed by atoms with E-state index in [9.17, 15) is 19.2 Å². The number of carbonyl (C=O) groups is 4. The Balaban J connectivity index is 3.19. The van der Waals surface area contributed by atoms with Crippen molar-refractivity contribution >= 4 is 23.3 Å². The van der Waals surface area contributed by atoms with Crippen LogP contribution in [0.15, 0.2) is 11.6 Å². The quantitative estimate of drug-likeness (QED) is 0.698. The molecular weight excluding hydrogens is 332 g/mol. The van der Waals surface area contributed by atoms with Gasteiger partial charge in [0.2, 0.25) is 0 Å². The van der Waals surface area contributed by atoms with E-state index >= 15 is 0 Å². The molecule has 0 N–H and O–H groups in total. The Morgan fingerprint density at radius 2 is 1.77 bits per heavy atom. The molecule has 1 aliphatic rings. The van der Waals surface area contributed by atoms with E-state index in [0.717, 1.165) is 19.3 Å². The predicted molar refractivity (Wildman–Crippen MR) is 99.5 cm³/mol. The van der Waals surface area contributed by atoms with Crippen molar-refractivity contribution in [2.75, 3.05) is 7.11 Å². The van der Waals surface area contributed by atoms with Crippen LogP contribution in [-0.2, 0) is 23.9 Å². The molecule has 0 amide bonds. The molecule has 0 bridgehead atoms. The molecule has 0 radical (unpaired) electrons.